The molecule has 11 nitrogen and oxygen atoms in total. The summed E-state index contributed by atoms with van der Waals surface area (Å²) in [4.78, 5) is 56.7. The van der Waals surface area contributed by atoms with E-state index in [9.17, 15) is 24.3 Å². The highest BCUT2D eigenvalue weighted by atomic mass is 32.2. The van der Waals surface area contributed by atoms with E-state index in [1.54, 1.807) is 30.6 Å². The summed E-state index contributed by atoms with van der Waals surface area (Å²) < 4.78 is 5.46. The van der Waals surface area contributed by atoms with E-state index in [0.29, 0.717) is 44.8 Å². The van der Waals surface area contributed by atoms with E-state index in [4.69, 9.17) is 4.74 Å². The Morgan fingerprint density at radius 3 is 2.50 bits per heavy atom. The van der Waals surface area contributed by atoms with E-state index in [2.05, 4.69) is 15.5 Å². The van der Waals surface area contributed by atoms with Gasteiger partial charge in [-0.15, -0.1) is 0 Å². The molecule has 1 aromatic rings. The second-order valence-corrected chi connectivity index (χ2v) is 11.5. The van der Waals surface area contributed by atoms with Crippen LogP contribution in [0.1, 0.15) is 49.4 Å². The lowest BCUT2D eigenvalue weighted by molar-refractivity contribution is -0.135. The fourth-order valence-corrected chi connectivity index (χ4v) is 5.66. The lowest BCUT2D eigenvalue weighted by Crippen LogP contribution is -2.47. The third kappa shape index (κ3) is 10.5. The topological polar surface area (TPSA) is 132 Å². The van der Waals surface area contributed by atoms with Crippen molar-refractivity contribution in [2.75, 3.05) is 71.0 Å². The van der Waals surface area contributed by atoms with Gasteiger partial charge in [0.05, 0.1) is 5.75 Å². The van der Waals surface area contributed by atoms with Crippen LogP contribution in [0.4, 0.5) is 0 Å². The Labute approximate surface area is 241 Å². The van der Waals surface area contributed by atoms with Crippen molar-refractivity contribution in [2.45, 2.75) is 45.1 Å². The summed E-state index contributed by atoms with van der Waals surface area (Å²) >= 11 is 1.66. The van der Waals surface area contributed by atoms with Gasteiger partial charge in [-0.05, 0) is 64.3 Å². The predicted octanol–water partition coefficient (Wildman–Crippen LogP) is 1.31. The van der Waals surface area contributed by atoms with Crippen LogP contribution in [0.15, 0.2) is 18.2 Å². The Morgan fingerprint density at radius 2 is 1.73 bits per heavy atom. The summed E-state index contributed by atoms with van der Waals surface area (Å²) in [7, 11) is 1.70. The number of hydrogen-bond donors (Lipinski definition) is 3. The highest BCUT2D eigenvalue weighted by Gasteiger charge is 2.21. The van der Waals surface area contributed by atoms with Crippen LogP contribution in [0.2, 0.25) is 0 Å². The molecule has 1 atom stereocenters. The molecular formula is C28H43N5O6S. The summed E-state index contributed by atoms with van der Waals surface area (Å²) in [5.74, 6) is 0.299. The van der Waals surface area contributed by atoms with Crippen LogP contribution in [0.5, 0.6) is 11.5 Å². The number of phenolic OH excluding ortho intramolecular Hbond substituents is 1. The average molecular weight is 578 g/mol. The number of ether oxygens (including phenoxy) is 1. The minimum Gasteiger partial charge on any atom is -0.508 e. The summed E-state index contributed by atoms with van der Waals surface area (Å²) in [6.07, 6.45) is 4.53. The number of nitrogens with one attached hydrogen (secondary N) is 2. The first-order chi connectivity index (χ1) is 19.2. The van der Waals surface area contributed by atoms with Gasteiger partial charge in [-0.2, -0.15) is 11.8 Å². The Balaban J connectivity index is 1.62. The maximum atomic E-state index is 13.1. The number of aromatic hydroxyl groups is 1. The molecule has 4 amide bonds. The molecule has 0 radical (unpaired) electrons. The number of amides is 4. The molecule has 1 fully saturated rings. The summed E-state index contributed by atoms with van der Waals surface area (Å²) in [5.41, 5.74) is 0.192. The number of carbonyl (C=O) groups excluding carboxylic acids is 4. The van der Waals surface area contributed by atoms with Crippen LogP contribution < -0.4 is 15.4 Å². The standard InChI is InChI=1S/C28H43N5O6S/c1-21-28(38)31(2)9-3-6-12-33(26(36)20-40-15-14-32-10-4-5-11-32)13-7-8-29-27(37)22-16-23(34)18-24(17-22)39-19-25(35)30-21/h16-18,21,34H,3-15,19-20H2,1-2H3,(H,29,37)(H,30,35)/t21-/m0/s1. The quantitative estimate of drug-likeness (QED) is 0.447. The molecule has 2 heterocycles. The zero-order chi connectivity index (χ0) is 28.9. The van der Waals surface area contributed by atoms with E-state index in [0.717, 1.165) is 31.8 Å². The third-order valence-electron chi connectivity index (χ3n) is 7.04. The van der Waals surface area contributed by atoms with Crippen molar-refractivity contribution in [2.24, 2.45) is 0 Å². The normalized spacial score (nSPS) is 20.9. The zero-order valence-electron chi connectivity index (χ0n) is 23.7. The van der Waals surface area contributed by atoms with Crippen molar-refractivity contribution >= 4 is 35.4 Å². The molecule has 2 aliphatic rings. The van der Waals surface area contributed by atoms with Crippen LogP contribution in [-0.2, 0) is 14.4 Å². The molecular weight excluding hydrogens is 534 g/mol. The van der Waals surface area contributed by atoms with E-state index < -0.39 is 17.9 Å². The van der Waals surface area contributed by atoms with Gasteiger partial charge in [0.1, 0.15) is 17.5 Å². The molecule has 1 aromatic carbocycles. The molecule has 3 N–H and O–H groups in total. The molecule has 2 bridgehead atoms. The van der Waals surface area contributed by atoms with Gasteiger partial charge >= 0.3 is 0 Å². The number of fused-ring (bicyclic) bond motifs is 2. The molecule has 0 spiro atoms. The number of thioether (sulfide) groups is 1. The Morgan fingerprint density at radius 1 is 1.02 bits per heavy atom. The van der Waals surface area contributed by atoms with Crippen LogP contribution >= 0.6 is 11.8 Å². The van der Waals surface area contributed by atoms with Crippen molar-refractivity contribution < 1.29 is 29.0 Å². The van der Waals surface area contributed by atoms with Gasteiger partial charge in [-0.25, -0.2) is 0 Å². The molecule has 0 unspecified atom stereocenters. The largest absolute Gasteiger partial charge is 0.508 e. The van der Waals surface area contributed by atoms with Gasteiger partial charge in [-0.3, -0.25) is 19.2 Å². The third-order valence-corrected chi connectivity index (χ3v) is 7.96. The van der Waals surface area contributed by atoms with Crippen molar-refractivity contribution in [3.05, 3.63) is 23.8 Å². The van der Waals surface area contributed by atoms with Crippen molar-refractivity contribution in [1.82, 2.24) is 25.3 Å². The summed E-state index contributed by atoms with van der Waals surface area (Å²) in [6.45, 7) is 6.48. The van der Waals surface area contributed by atoms with E-state index in [1.807, 2.05) is 4.90 Å². The molecule has 0 saturated carbocycles. The first-order valence-electron chi connectivity index (χ1n) is 14.1. The SMILES string of the molecule is C[C@@H]1NC(=O)COc2cc(O)cc(c2)C(=O)NCCCN(C(=O)CSCCN2CCCC2)CCCCN(C)C1=O. The Bertz CT molecular complexity index is 1020. The highest BCUT2D eigenvalue weighted by molar-refractivity contribution is 7.99. The summed E-state index contributed by atoms with van der Waals surface area (Å²) in [5, 5.41) is 15.5. The van der Waals surface area contributed by atoms with Gasteiger partial charge in [-0.1, -0.05) is 0 Å². The zero-order valence-corrected chi connectivity index (χ0v) is 24.5. The minimum atomic E-state index is -0.743. The molecule has 40 heavy (non-hydrogen) atoms. The fourth-order valence-electron chi connectivity index (χ4n) is 4.77. The van der Waals surface area contributed by atoms with Crippen molar-refractivity contribution in [3.63, 3.8) is 0 Å². The highest BCUT2D eigenvalue weighted by Crippen LogP contribution is 2.22. The van der Waals surface area contributed by atoms with Crippen molar-refractivity contribution in [3.8, 4) is 11.5 Å². The van der Waals surface area contributed by atoms with Gasteiger partial charge in [0.2, 0.25) is 11.8 Å². The Kier molecular flexibility index (Phi) is 12.9. The second-order valence-electron chi connectivity index (χ2n) is 10.4. The number of carbonyl (C=O) groups is 4. The summed E-state index contributed by atoms with van der Waals surface area (Å²) in [6, 6.07) is 3.33. The van der Waals surface area contributed by atoms with Gasteiger partial charge < -0.3 is 35.2 Å². The maximum Gasteiger partial charge on any atom is 0.258 e. The average Bonchev–Trinajstić information content (AvgIpc) is 3.45. The number of rotatable bonds is 5. The Hall–Kier alpha value is -2.99. The van der Waals surface area contributed by atoms with Crippen molar-refractivity contribution in [1.29, 1.82) is 0 Å². The number of benzene rings is 1. The minimum absolute atomic E-state index is 0.0791. The first-order valence-corrected chi connectivity index (χ1v) is 15.3. The molecule has 12 heteroatoms. The molecule has 2 aliphatic heterocycles. The van der Waals surface area contributed by atoms with E-state index in [-0.39, 0.29) is 35.5 Å². The molecule has 1 saturated heterocycles. The molecule has 3 rings (SSSR count). The maximum absolute atomic E-state index is 13.1. The lowest BCUT2D eigenvalue weighted by atomic mass is 10.2. The number of nitrogens with zero attached hydrogens (tertiary/aromatic N) is 3. The van der Waals surface area contributed by atoms with Crippen LogP contribution in [0.3, 0.4) is 0 Å². The van der Waals surface area contributed by atoms with Gasteiger partial charge in [0, 0.05) is 57.2 Å². The smallest absolute Gasteiger partial charge is 0.258 e. The number of hydrogen-bond acceptors (Lipinski definition) is 8. The molecule has 0 aliphatic carbocycles. The lowest BCUT2D eigenvalue weighted by Gasteiger charge is -2.25. The van der Waals surface area contributed by atoms with Gasteiger partial charge in [0.25, 0.3) is 11.8 Å². The van der Waals surface area contributed by atoms with Crippen LogP contribution in [0.25, 0.3) is 0 Å². The first kappa shape index (κ1) is 31.5. The number of likely N-dealkylation sites (N-methyl/N-ethyl adjacent to an activating group) is 1. The fraction of sp³-hybridized carbons (Fsp3) is 0.643. The second kappa shape index (κ2) is 16.3. The number of phenols is 1. The van der Waals surface area contributed by atoms with E-state index in [1.165, 1.54) is 31.0 Å². The van der Waals surface area contributed by atoms with Crippen LogP contribution in [-0.4, -0.2) is 120 Å². The van der Waals surface area contributed by atoms with Gasteiger partial charge in [0.15, 0.2) is 6.61 Å². The van der Waals surface area contributed by atoms with E-state index >= 15 is 0 Å². The molecule has 0 aromatic heterocycles. The predicted molar refractivity (Wildman–Crippen MR) is 155 cm³/mol. The van der Waals surface area contributed by atoms with Crippen LogP contribution in [0, 0.1) is 0 Å². The number of likely N-dealkylation sites (tertiary alicyclic amines) is 1. The monoisotopic (exact) mass is 577 g/mol. The molecule has 222 valence electrons.